The van der Waals surface area contributed by atoms with Gasteiger partial charge in [-0.2, -0.15) is 0 Å². The molecule has 29 heavy (non-hydrogen) atoms. The Hall–Kier alpha value is -1.99. The maximum Gasteiger partial charge on any atom is 0.254 e. The summed E-state index contributed by atoms with van der Waals surface area (Å²) in [4.78, 5) is 30.0. The maximum atomic E-state index is 13.2. The second-order valence-electron chi connectivity index (χ2n) is 8.48. The molecule has 2 amide bonds. The highest BCUT2D eigenvalue weighted by molar-refractivity contribution is 5.98. The smallest absolute Gasteiger partial charge is 0.254 e. The lowest BCUT2D eigenvalue weighted by Crippen LogP contribution is -2.51. The highest BCUT2D eigenvalue weighted by Crippen LogP contribution is 2.38. The second-order valence-corrected chi connectivity index (χ2v) is 8.48. The Labute approximate surface area is 177 Å². The third kappa shape index (κ3) is 3.66. The van der Waals surface area contributed by atoms with Crippen LogP contribution in [0.3, 0.4) is 0 Å². The van der Waals surface area contributed by atoms with Gasteiger partial charge < -0.3 is 24.6 Å². The Balaban J connectivity index is 0.00000205. The number of carbonyl (C=O) groups is 2. The molecule has 7 nitrogen and oxygen atoms in total. The number of nitrogens with one attached hydrogen (secondary N) is 1. The van der Waals surface area contributed by atoms with Crippen LogP contribution < -0.4 is 14.8 Å². The van der Waals surface area contributed by atoms with E-state index in [-0.39, 0.29) is 37.1 Å². The molecule has 8 heteroatoms. The first-order valence-electron chi connectivity index (χ1n) is 10.4. The van der Waals surface area contributed by atoms with Crippen molar-refractivity contribution in [3.05, 3.63) is 23.8 Å². The molecule has 0 aromatic heterocycles. The van der Waals surface area contributed by atoms with E-state index in [1.165, 1.54) is 6.42 Å². The first-order valence-corrected chi connectivity index (χ1v) is 10.4. The number of hydrogen-bond donors (Lipinski definition) is 1. The number of fused-ring (bicyclic) bond motifs is 1. The molecular formula is C21H28ClN3O4. The highest BCUT2D eigenvalue weighted by Gasteiger charge is 2.42. The van der Waals surface area contributed by atoms with E-state index in [2.05, 4.69) is 5.32 Å². The van der Waals surface area contributed by atoms with Gasteiger partial charge in [-0.15, -0.1) is 12.4 Å². The Morgan fingerprint density at radius 1 is 1.07 bits per heavy atom. The van der Waals surface area contributed by atoms with Gasteiger partial charge in [-0.3, -0.25) is 9.59 Å². The normalized spacial score (nSPS) is 24.6. The molecule has 0 bridgehead atoms. The van der Waals surface area contributed by atoms with Crippen LogP contribution in [0.1, 0.15) is 42.5 Å². The predicted octanol–water partition coefficient (Wildman–Crippen LogP) is 2.04. The lowest BCUT2D eigenvalue weighted by Gasteiger charge is -2.40. The standard InChI is InChI=1S/C21H27N3O4.ClH/c25-19(15-3-4-17-18(12-15)28-14-27-17)24-9-1-2-16(24)20(26)23-10-6-21(7-11-23)5-8-22-13-21;/h3-4,12,16,22H,1-2,5-11,13-14H2;1H. The van der Waals surface area contributed by atoms with Gasteiger partial charge in [-0.05, 0) is 62.3 Å². The van der Waals surface area contributed by atoms with E-state index in [4.69, 9.17) is 9.47 Å². The average Bonchev–Trinajstić information content (AvgIpc) is 3.47. The molecule has 1 atom stereocenters. The van der Waals surface area contributed by atoms with Crippen LogP contribution in [0.5, 0.6) is 11.5 Å². The number of rotatable bonds is 2. The van der Waals surface area contributed by atoms with E-state index in [1.807, 2.05) is 4.90 Å². The Morgan fingerprint density at radius 2 is 1.86 bits per heavy atom. The zero-order chi connectivity index (χ0) is 19.1. The summed E-state index contributed by atoms with van der Waals surface area (Å²) in [5, 5.41) is 3.46. The Bertz CT molecular complexity index is 786. The van der Waals surface area contributed by atoms with Gasteiger partial charge >= 0.3 is 0 Å². The number of nitrogens with zero attached hydrogens (tertiary/aromatic N) is 2. The van der Waals surface area contributed by atoms with E-state index < -0.39 is 0 Å². The monoisotopic (exact) mass is 421 g/mol. The number of benzene rings is 1. The van der Waals surface area contributed by atoms with Gasteiger partial charge in [0.25, 0.3) is 5.91 Å². The molecular weight excluding hydrogens is 394 g/mol. The van der Waals surface area contributed by atoms with Crippen molar-refractivity contribution in [2.45, 2.75) is 38.1 Å². The summed E-state index contributed by atoms with van der Waals surface area (Å²) in [7, 11) is 0. The van der Waals surface area contributed by atoms with Gasteiger partial charge in [-0.1, -0.05) is 0 Å². The third-order valence-corrected chi connectivity index (χ3v) is 6.89. The minimum absolute atomic E-state index is 0. The minimum Gasteiger partial charge on any atom is -0.454 e. The molecule has 0 radical (unpaired) electrons. The maximum absolute atomic E-state index is 13.2. The number of amides is 2. The fraction of sp³-hybridized carbons (Fsp3) is 0.619. The SMILES string of the molecule is Cl.O=C(C1CCCN1C(=O)c1ccc2c(c1)OCO2)N1CCC2(CCNC2)CC1. The highest BCUT2D eigenvalue weighted by atomic mass is 35.5. The summed E-state index contributed by atoms with van der Waals surface area (Å²) in [6, 6.07) is 4.91. The summed E-state index contributed by atoms with van der Waals surface area (Å²) < 4.78 is 10.7. The van der Waals surface area contributed by atoms with Crippen LogP contribution >= 0.6 is 12.4 Å². The van der Waals surface area contributed by atoms with Gasteiger partial charge in [0, 0.05) is 31.7 Å². The van der Waals surface area contributed by atoms with Crippen LogP contribution in [-0.2, 0) is 4.79 Å². The van der Waals surface area contributed by atoms with Crippen molar-refractivity contribution < 1.29 is 19.1 Å². The molecule has 4 heterocycles. The molecule has 1 aromatic rings. The Kier molecular flexibility index (Phi) is 5.62. The topological polar surface area (TPSA) is 71.1 Å². The van der Waals surface area contributed by atoms with Crippen molar-refractivity contribution >= 4 is 24.2 Å². The molecule has 0 saturated carbocycles. The predicted molar refractivity (Wildman–Crippen MR) is 110 cm³/mol. The number of carbonyl (C=O) groups excluding carboxylic acids is 2. The Morgan fingerprint density at radius 3 is 2.62 bits per heavy atom. The minimum atomic E-state index is -0.339. The molecule has 1 unspecified atom stereocenters. The van der Waals surface area contributed by atoms with E-state index in [1.54, 1.807) is 23.1 Å². The van der Waals surface area contributed by atoms with E-state index in [0.717, 1.165) is 51.9 Å². The average molecular weight is 422 g/mol. The summed E-state index contributed by atoms with van der Waals surface area (Å²) in [5.74, 6) is 1.28. The van der Waals surface area contributed by atoms with E-state index in [0.29, 0.717) is 29.0 Å². The first-order chi connectivity index (χ1) is 13.7. The number of halogens is 1. The lowest BCUT2D eigenvalue weighted by atomic mass is 9.77. The molecule has 3 saturated heterocycles. The van der Waals surface area contributed by atoms with Crippen LogP contribution in [0.4, 0.5) is 0 Å². The van der Waals surface area contributed by atoms with Gasteiger partial charge in [0.15, 0.2) is 11.5 Å². The number of ether oxygens (including phenoxy) is 2. The summed E-state index contributed by atoms with van der Waals surface area (Å²) in [6.45, 7) is 4.60. The fourth-order valence-electron chi connectivity index (χ4n) is 5.10. The van der Waals surface area contributed by atoms with Gasteiger partial charge in [0.1, 0.15) is 6.04 Å². The van der Waals surface area contributed by atoms with Crippen molar-refractivity contribution in [2.75, 3.05) is 39.5 Å². The molecule has 158 valence electrons. The quantitative estimate of drug-likeness (QED) is 0.791. The molecule has 1 aromatic carbocycles. The lowest BCUT2D eigenvalue weighted by molar-refractivity contribution is -0.137. The van der Waals surface area contributed by atoms with Gasteiger partial charge in [-0.25, -0.2) is 0 Å². The van der Waals surface area contributed by atoms with Crippen LogP contribution in [0.25, 0.3) is 0 Å². The zero-order valence-corrected chi connectivity index (χ0v) is 17.3. The van der Waals surface area contributed by atoms with Crippen molar-refractivity contribution in [3.8, 4) is 11.5 Å². The second kappa shape index (κ2) is 8.03. The van der Waals surface area contributed by atoms with Crippen molar-refractivity contribution in [2.24, 2.45) is 5.41 Å². The number of piperidine rings is 1. The summed E-state index contributed by atoms with van der Waals surface area (Å²) >= 11 is 0. The van der Waals surface area contributed by atoms with E-state index >= 15 is 0 Å². The largest absolute Gasteiger partial charge is 0.454 e. The summed E-state index contributed by atoms with van der Waals surface area (Å²) in [6.07, 6.45) is 4.96. The van der Waals surface area contributed by atoms with Crippen LogP contribution in [0.15, 0.2) is 18.2 Å². The van der Waals surface area contributed by atoms with E-state index in [9.17, 15) is 9.59 Å². The molecule has 1 spiro atoms. The molecule has 3 fully saturated rings. The van der Waals surface area contributed by atoms with Crippen molar-refractivity contribution in [1.82, 2.24) is 15.1 Å². The fourth-order valence-corrected chi connectivity index (χ4v) is 5.10. The van der Waals surface area contributed by atoms with Crippen molar-refractivity contribution in [1.29, 1.82) is 0 Å². The molecule has 4 aliphatic heterocycles. The molecule has 4 aliphatic rings. The van der Waals surface area contributed by atoms with Crippen LogP contribution in [-0.4, -0.2) is 67.2 Å². The molecule has 0 aliphatic carbocycles. The molecule has 5 rings (SSSR count). The summed E-state index contributed by atoms with van der Waals surface area (Å²) in [5.41, 5.74) is 0.938. The van der Waals surface area contributed by atoms with Gasteiger partial charge in [0.2, 0.25) is 12.7 Å². The zero-order valence-electron chi connectivity index (χ0n) is 16.5. The van der Waals surface area contributed by atoms with Crippen molar-refractivity contribution in [3.63, 3.8) is 0 Å². The van der Waals surface area contributed by atoms with Crippen LogP contribution in [0.2, 0.25) is 0 Å². The molecule has 1 N–H and O–H groups in total. The third-order valence-electron chi connectivity index (χ3n) is 6.89. The number of likely N-dealkylation sites (tertiary alicyclic amines) is 2. The first kappa shape index (κ1) is 20.3. The van der Waals surface area contributed by atoms with Crippen LogP contribution in [0, 0.1) is 5.41 Å². The number of hydrogen-bond acceptors (Lipinski definition) is 5. The van der Waals surface area contributed by atoms with Gasteiger partial charge in [0.05, 0.1) is 0 Å².